The molecule has 0 saturated heterocycles. The van der Waals surface area contributed by atoms with Crippen LogP contribution < -0.4 is 0 Å². The van der Waals surface area contributed by atoms with Crippen LogP contribution in [0, 0.1) is 0 Å². The zero-order chi connectivity index (χ0) is 14.9. The molecule has 3 aromatic carbocycles. The number of phenolic OH excluding ortho intramolecular Hbond substituents is 1. The van der Waals surface area contributed by atoms with Crippen molar-refractivity contribution in [2.75, 3.05) is 0 Å². The molecule has 3 heteroatoms. The summed E-state index contributed by atoms with van der Waals surface area (Å²) >= 11 is 0. The van der Waals surface area contributed by atoms with Crippen LogP contribution in [0.3, 0.4) is 0 Å². The average molecular weight is 286 g/mol. The summed E-state index contributed by atoms with van der Waals surface area (Å²) < 4.78 is 1.70. The monoisotopic (exact) mass is 286 g/mol. The first-order chi connectivity index (χ1) is 10.8. The fraction of sp³-hybridized carbons (Fsp3) is 0. The van der Waals surface area contributed by atoms with Gasteiger partial charge in [-0.2, -0.15) is 5.10 Å². The molecule has 1 heterocycles. The van der Waals surface area contributed by atoms with Gasteiger partial charge in [0.1, 0.15) is 11.4 Å². The van der Waals surface area contributed by atoms with Gasteiger partial charge in [-0.05, 0) is 29.0 Å². The molecule has 0 aliphatic heterocycles. The summed E-state index contributed by atoms with van der Waals surface area (Å²) in [5.74, 6) is 0.218. The van der Waals surface area contributed by atoms with Crippen LogP contribution >= 0.6 is 0 Å². The number of benzene rings is 3. The van der Waals surface area contributed by atoms with E-state index in [1.165, 1.54) is 10.8 Å². The lowest BCUT2D eigenvalue weighted by atomic mass is 10.0. The number of aromatic nitrogens is 2. The van der Waals surface area contributed by atoms with Gasteiger partial charge >= 0.3 is 0 Å². The lowest BCUT2D eigenvalue weighted by Gasteiger charge is -2.05. The maximum absolute atomic E-state index is 9.95. The molecule has 0 amide bonds. The van der Waals surface area contributed by atoms with Gasteiger partial charge in [0.15, 0.2) is 0 Å². The smallest absolute Gasteiger partial charge is 0.141 e. The van der Waals surface area contributed by atoms with Crippen LogP contribution in [-0.2, 0) is 0 Å². The third-order valence-corrected chi connectivity index (χ3v) is 3.78. The standard InChI is InChI=1S/C19H14N2O/c22-19-11-4-3-10-18(19)21-13-12-17(20-21)16-9-5-7-14-6-1-2-8-15(14)16/h1-13,22H. The maximum atomic E-state index is 9.95. The predicted octanol–water partition coefficient (Wildman–Crippen LogP) is 4.40. The van der Waals surface area contributed by atoms with Crippen molar-refractivity contribution in [2.24, 2.45) is 0 Å². The van der Waals surface area contributed by atoms with Crippen molar-refractivity contribution in [2.45, 2.75) is 0 Å². The Kier molecular flexibility index (Phi) is 2.90. The van der Waals surface area contributed by atoms with Crippen molar-refractivity contribution in [3.8, 4) is 22.7 Å². The molecule has 0 bridgehead atoms. The zero-order valence-corrected chi connectivity index (χ0v) is 11.8. The fourth-order valence-corrected chi connectivity index (χ4v) is 2.71. The SMILES string of the molecule is Oc1ccccc1-n1ccc(-c2cccc3ccccc23)n1. The molecule has 106 valence electrons. The van der Waals surface area contributed by atoms with Gasteiger partial charge < -0.3 is 5.11 Å². The summed E-state index contributed by atoms with van der Waals surface area (Å²) in [5.41, 5.74) is 2.65. The van der Waals surface area contributed by atoms with Gasteiger partial charge in [0, 0.05) is 11.8 Å². The van der Waals surface area contributed by atoms with Crippen LogP contribution in [0.5, 0.6) is 5.75 Å². The second-order valence-corrected chi connectivity index (χ2v) is 5.16. The number of hydrogen-bond donors (Lipinski definition) is 1. The minimum atomic E-state index is 0.218. The Labute approximate surface area is 128 Å². The second-order valence-electron chi connectivity index (χ2n) is 5.16. The number of fused-ring (bicyclic) bond motifs is 1. The normalized spacial score (nSPS) is 10.9. The number of nitrogens with zero attached hydrogens (tertiary/aromatic N) is 2. The molecule has 0 unspecified atom stereocenters. The van der Waals surface area contributed by atoms with Crippen molar-refractivity contribution in [3.63, 3.8) is 0 Å². The number of para-hydroxylation sites is 2. The van der Waals surface area contributed by atoms with E-state index in [4.69, 9.17) is 0 Å². The topological polar surface area (TPSA) is 38.0 Å². The third kappa shape index (κ3) is 2.04. The van der Waals surface area contributed by atoms with E-state index >= 15 is 0 Å². The van der Waals surface area contributed by atoms with E-state index in [1.807, 2.05) is 42.6 Å². The van der Waals surface area contributed by atoms with Crippen LogP contribution in [0.2, 0.25) is 0 Å². The second kappa shape index (κ2) is 5.04. The average Bonchev–Trinajstić information content (AvgIpc) is 3.04. The van der Waals surface area contributed by atoms with Crippen molar-refractivity contribution < 1.29 is 5.11 Å². The molecule has 22 heavy (non-hydrogen) atoms. The molecular weight excluding hydrogens is 272 g/mol. The van der Waals surface area contributed by atoms with Crippen LogP contribution in [-0.4, -0.2) is 14.9 Å². The summed E-state index contributed by atoms with van der Waals surface area (Å²) in [5, 5.41) is 16.9. The molecule has 0 aliphatic rings. The zero-order valence-electron chi connectivity index (χ0n) is 11.8. The van der Waals surface area contributed by atoms with E-state index in [-0.39, 0.29) is 5.75 Å². The highest BCUT2D eigenvalue weighted by Gasteiger charge is 2.09. The van der Waals surface area contributed by atoms with E-state index in [0.717, 1.165) is 11.3 Å². The lowest BCUT2D eigenvalue weighted by molar-refractivity contribution is 0.470. The van der Waals surface area contributed by atoms with E-state index in [2.05, 4.69) is 29.4 Å². The summed E-state index contributed by atoms with van der Waals surface area (Å²) in [6.07, 6.45) is 1.87. The number of rotatable bonds is 2. The molecular formula is C19H14N2O. The van der Waals surface area contributed by atoms with Gasteiger partial charge in [-0.15, -0.1) is 0 Å². The number of aromatic hydroxyl groups is 1. The highest BCUT2D eigenvalue weighted by molar-refractivity contribution is 5.95. The molecule has 4 rings (SSSR count). The van der Waals surface area contributed by atoms with Gasteiger partial charge in [-0.3, -0.25) is 0 Å². The fourth-order valence-electron chi connectivity index (χ4n) is 2.71. The molecule has 0 radical (unpaired) electrons. The Hall–Kier alpha value is -3.07. The maximum Gasteiger partial charge on any atom is 0.141 e. The molecule has 4 aromatic rings. The van der Waals surface area contributed by atoms with Crippen molar-refractivity contribution in [1.29, 1.82) is 0 Å². The van der Waals surface area contributed by atoms with Crippen molar-refractivity contribution >= 4 is 10.8 Å². The van der Waals surface area contributed by atoms with Crippen LogP contribution in [0.4, 0.5) is 0 Å². The van der Waals surface area contributed by atoms with Crippen LogP contribution in [0.1, 0.15) is 0 Å². The molecule has 1 aromatic heterocycles. The highest BCUT2D eigenvalue weighted by atomic mass is 16.3. The van der Waals surface area contributed by atoms with E-state index < -0.39 is 0 Å². The summed E-state index contributed by atoms with van der Waals surface area (Å²) in [7, 11) is 0. The van der Waals surface area contributed by atoms with Gasteiger partial charge in [0.2, 0.25) is 0 Å². The van der Waals surface area contributed by atoms with Gasteiger partial charge in [0.05, 0.1) is 5.69 Å². The first kappa shape index (κ1) is 12.7. The minimum Gasteiger partial charge on any atom is -0.506 e. The molecule has 0 fully saturated rings. The van der Waals surface area contributed by atoms with Crippen molar-refractivity contribution in [3.05, 3.63) is 79.0 Å². The van der Waals surface area contributed by atoms with Crippen LogP contribution in [0.15, 0.2) is 79.0 Å². The first-order valence-electron chi connectivity index (χ1n) is 7.15. The highest BCUT2D eigenvalue weighted by Crippen LogP contribution is 2.28. The Bertz CT molecular complexity index is 951. The Morgan fingerprint density at radius 3 is 2.45 bits per heavy atom. The van der Waals surface area contributed by atoms with Gasteiger partial charge in [-0.1, -0.05) is 54.6 Å². The van der Waals surface area contributed by atoms with Gasteiger partial charge in [-0.25, -0.2) is 4.68 Å². The molecule has 0 atom stereocenters. The summed E-state index contributed by atoms with van der Waals surface area (Å²) in [4.78, 5) is 0. The quantitative estimate of drug-likeness (QED) is 0.593. The molecule has 0 aliphatic carbocycles. The minimum absolute atomic E-state index is 0.218. The van der Waals surface area contributed by atoms with E-state index in [1.54, 1.807) is 16.8 Å². The first-order valence-corrected chi connectivity index (χ1v) is 7.15. The molecule has 0 spiro atoms. The lowest BCUT2D eigenvalue weighted by Crippen LogP contribution is -1.95. The number of phenols is 1. The Morgan fingerprint density at radius 1 is 0.773 bits per heavy atom. The summed E-state index contributed by atoms with van der Waals surface area (Å²) in [6, 6.07) is 23.6. The van der Waals surface area contributed by atoms with Gasteiger partial charge in [0.25, 0.3) is 0 Å². The number of hydrogen-bond acceptors (Lipinski definition) is 2. The van der Waals surface area contributed by atoms with Crippen LogP contribution in [0.25, 0.3) is 27.7 Å². The summed E-state index contributed by atoms with van der Waals surface area (Å²) in [6.45, 7) is 0. The Morgan fingerprint density at radius 2 is 1.55 bits per heavy atom. The van der Waals surface area contributed by atoms with Crippen molar-refractivity contribution in [1.82, 2.24) is 9.78 Å². The molecule has 0 saturated carbocycles. The third-order valence-electron chi connectivity index (χ3n) is 3.78. The Balaban J connectivity index is 1.86. The molecule has 3 nitrogen and oxygen atoms in total. The van der Waals surface area contributed by atoms with E-state index in [9.17, 15) is 5.11 Å². The molecule has 1 N–H and O–H groups in total. The largest absolute Gasteiger partial charge is 0.506 e. The predicted molar refractivity (Wildman–Crippen MR) is 88.2 cm³/mol. The van der Waals surface area contributed by atoms with E-state index in [0.29, 0.717) is 5.69 Å².